The van der Waals surface area contributed by atoms with Crippen LogP contribution < -0.4 is 15.9 Å². The highest BCUT2D eigenvalue weighted by Crippen LogP contribution is 2.40. The molecule has 0 saturated carbocycles. The second-order valence-corrected chi connectivity index (χ2v) is 12.5. The number of imidazole rings is 1. The highest BCUT2D eigenvalue weighted by atomic mass is 31.2. The number of carbonyl (C=O) groups is 2. The van der Waals surface area contributed by atoms with E-state index < -0.39 is 37.1 Å². The first-order valence-corrected chi connectivity index (χ1v) is 15.5. The maximum Gasteiger partial charge on any atom is 0.326 e. The zero-order valence-electron chi connectivity index (χ0n) is 24.1. The van der Waals surface area contributed by atoms with Gasteiger partial charge in [0.2, 0.25) is 7.44 Å². The standard InChI is InChI=1S/C26H45N6O6P/c1-7-9-11-15-37-25(34)26(5,6)31-39(35,30-20(4)24(33)36-14-10-8-2)18-38-19(3)16-32-17-29-22-21(27)12-13-28-23(22)32/h12-13,17,19-20H,7-11,14-16,18H2,1-6H3,(H2,27,28)(H2,30,31,35)/t19-,20-,39?/m1/s1. The number of ether oxygens (including phenoxy) is 3. The van der Waals surface area contributed by atoms with Crippen LogP contribution in [0.5, 0.6) is 0 Å². The number of aromatic nitrogens is 3. The van der Waals surface area contributed by atoms with E-state index in [-0.39, 0.29) is 19.6 Å². The molecule has 0 radical (unpaired) electrons. The Morgan fingerprint density at radius 3 is 2.49 bits per heavy atom. The van der Waals surface area contributed by atoms with E-state index in [4.69, 9.17) is 19.9 Å². The first-order valence-electron chi connectivity index (χ1n) is 13.6. The summed E-state index contributed by atoms with van der Waals surface area (Å²) in [7, 11) is -3.67. The molecule has 12 nitrogen and oxygen atoms in total. The Kier molecular flexibility index (Phi) is 12.8. The molecule has 0 bridgehead atoms. The van der Waals surface area contributed by atoms with Crippen molar-refractivity contribution in [2.45, 2.75) is 97.9 Å². The lowest BCUT2D eigenvalue weighted by molar-refractivity contribution is -0.149. The van der Waals surface area contributed by atoms with E-state index in [1.54, 1.807) is 43.9 Å². The fourth-order valence-corrected chi connectivity index (χ4v) is 6.17. The summed E-state index contributed by atoms with van der Waals surface area (Å²) in [4.78, 5) is 34.0. The lowest BCUT2D eigenvalue weighted by atomic mass is 10.1. The Hall–Kier alpha value is -2.53. The molecule has 13 heteroatoms. The fourth-order valence-electron chi connectivity index (χ4n) is 3.78. The van der Waals surface area contributed by atoms with E-state index in [9.17, 15) is 14.2 Å². The smallest absolute Gasteiger partial charge is 0.326 e. The molecule has 0 fully saturated rings. The van der Waals surface area contributed by atoms with Crippen molar-refractivity contribution in [2.24, 2.45) is 0 Å². The topological polar surface area (TPSA) is 160 Å². The average Bonchev–Trinajstić information content (AvgIpc) is 3.29. The molecule has 0 aromatic carbocycles. The van der Waals surface area contributed by atoms with Crippen molar-refractivity contribution in [2.75, 3.05) is 25.3 Å². The largest absolute Gasteiger partial charge is 0.465 e. The molecular formula is C26H45N6O6P. The fraction of sp³-hybridized carbons (Fsp3) is 0.692. The molecule has 39 heavy (non-hydrogen) atoms. The van der Waals surface area contributed by atoms with Gasteiger partial charge in [-0.1, -0.05) is 33.1 Å². The lowest BCUT2D eigenvalue weighted by Gasteiger charge is -2.32. The summed E-state index contributed by atoms with van der Waals surface area (Å²) in [5.74, 6) is -1.08. The van der Waals surface area contributed by atoms with Crippen LogP contribution in [0.4, 0.5) is 5.69 Å². The molecule has 0 aliphatic rings. The number of nitrogen functional groups attached to an aromatic ring is 1. The predicted molar refractivity (Wildman–Crippen MR) is 151 cm³/mol. The number of pyridine rings is 1. The van der Waals surface area contributed by atoms with Crippen LogP contribution >= 0.6 is 7.44 Å². The van der Waals surface area contributed by atoms with Gasteiger partial charge in [0.15, 0.2) is 5.65 Å². The minimum Gasteiger partial charge on any atom is -0.465 e. The summed E-state index contributed by atoms with van der Waals surface area (Å²) < 4.78 is 32.6. The Labute approximate surface area is 231 Å². The van der Waals surface area contributed by atoms with E-state index in [0.717, 1.165) is 32.1 Å². The Morgan fingerprint density at radius 1 is 1.10 bits per heavy atom. The number of esters is 2. The zero-order chi connectivity index (χ0) is 29.1. The van der Waals surface area contributed by atoms with Crippen molar-refractivity contribution < 1.29 is 28.4 Å². The van der Waals surface area contributed by atoms with E-state index in [2.05, 4.69) is 27.1 Å². The van der Waals surface area contributed by atoms with Gasteiger partial charge in [-0.15, -0.1) is 0 Å². The van der Waals surface area contributed by atoms with Crippen LogP contribution in [-0.2, 0) is 34.9 Å². The van der Waals surface area contributed by atoms with Gasteiger partial charge in [-0.3, -0.25) is 14.2 Å². The Balaban J connectivity index is 2.12. The second kappa shape index (κ2) is 15.3. The van der Waals surface area contributed by atoms with Crippen LogP contribution in [0.25, 0.3) is 11.2 Å². The van der Waals surface area contributed by atoms with Gasteiger partial charge in [0.05, 0.1) is 37.9 Å². The number of nitrogens with two attached hydrogens (primary N) is 1. The second-order valence-electron chi connectivity index (χ2n) is 10.3. The van der Waals surface area contributed by atoms with Crippen LogP contribution in [0.1, 0.15) is 73.6 Å². The van der Waals surface area contributed by atoms with Gasteiger partial charge in [-0.05, 0) is 46.6 Å². The van der Waals surface area contributed by atoms with Crippen LogP contribution in [0.2, 0.25) is 0 Å². The molecule has 220 valence electrons. The van der Waals surface area contributed by atoms with Crippen molar-refractivity contribution in [1.29, 1.82) is 0 Å². The normalized spacial score (nSPS) is 15.0. The van der Waals surface area contributed by atoms with Crippen molar-refractivity contribution in [3.05, 3.63) is 18.6 Å². The van der Waals surface area contributed by atoms with Gasteiger partial charge in [-0.2, -0.15) is 0 Å². The molecule has 3 atom stereocenters. The molecule has 0 aliphatic heterocycles. The van der Waals surface area contributed by atoms with Gasteiger partial charge in [0, 0.05) is 6.20 Å². The molecule has 0 saturated heterocycles. The minimum absolute atomic E-state index is 0.277. The van der Waals surface area contributed by atoms with Crippen molar-refractivity contribution in [3.8, 4) is 0 Å². The number of nitrogens with one attached hydrogen (secondary N) is 2. The number of nitrogens with zero attached hydrogens (tertiary/aromatic N) is 3. The number of rotatable bonds is 18. The number of hydrogen-bond acceptors (Lipinski definition) is 9. The predicted octanol–water partition coefficient (Wildman–Crippen LogP) is 3.99. The number of unbranched alkanes of at least 4 members (excludes halogenated alkanes) is 3. The Bertz CT molecular complexity index is 1120. The summed E-state index contributed by atoms with van der Waals surface area (Å²) in [5.41, 5.74) is 6.39. The Morgan fingerprint density at radius 2 is 1.79 bits per heavy atom. The maximum atomic E-state index is 14.1. The van der Waals surface area contributed by atoms with Crippen LogP contribution in [0.15, 0.2) is 18.6 Å². The van der Waals surface area contributed by atoms with Crippen LogP contribution in [-0.4, -0.2) is 63.7 Å². The molecule has 2 heterocycles. The van der Waals surface area contributed by atoms with Gasteiger partial charge >= 0.3 is 11.9 Å². The number of anilines is 1. The average molecular weight is 569 g/mol. The lowest BCUT2D eigenvalue weighted by Crippen LogP contribution is -2.50. The SMILES string of the molecule is CCCCCOC(=O)C(C)(C)NP(=O)(CO[C@H](C)Cn1cnc2c(N)ccnc21)N[C@H](C)C(=O)OCCCC. The molecule has 0 amide bonds. The third-order valence-electron chi connectivity index (χ3n) is 5.98. The highest BCUT2D eigenvalue weighted by Gasteiger charge is 2.39. The summed E-state index contributed by atoms with van der Waals surface area (Å²) in [6.07, 6.45) is 6.81. The zero-order valence-corrected chi connectivity index (χ0v) is 25.0. The van der Waals surface area contributed by atoms with Crippen LogP contribution in [0, 0.1) is 0 Å². The van der Waals surface area contributed by atoms with Crippen molar-refractivity contribution in [3.63, 3.8) is 0 Å². The van der Waals surface area contributed by atoms with E-state index in [1.165, 1.54) is 0 Å². The number of fused-ring (bicyclic) bond motifs is 1. The first kappa shape index (κ1) is 32.7. The van der Waals surface area contributed by atoms with E-state index in [0.29, 0.717) is 23.4 Å². The monoisotopic (exact) mass is 568 g/mol. The van der Waals surface area contributed by atoms with Gasteiger partial charge in [0.25, 0.3) is 0 Å². The van der Waals surface area contributed by atoms with E-state index in [1.807, 2.05) is 13.8 Å². The first-order chi connectivity index (χ1) is 18.4. The molecule has 2 rings (SSSR count). The molecule has 2 aromatic heterocycles. The van der Waals surface area contributed by atoms with Gasteiger partial charge in [0.1, 0.15) is 23.4 Å². The number of carbonyl (C=O) groups excluding carboxylic acids is 2. The molecule has 0 spiro atoms. The quantitative estimate of drug-likeness (QED) is 0.135. The highest BCUT2D eigenvalue weighted by molar-refractivity contribution is 7.59. The summed E-state index contributed by atoms with van der Waals surface area (Å²) in [6, 6.07) is 0.776. The van der Waals surface area contributed by atoms with Gasteiger partial charge < -0.3 is 24.5 Å². The summed E-state index contributed by atoms with van der Waals surface area (Å²) in [5, 5.41) is 5.75. The summed E-state index contributed by atoms with van der Waals surface area (Å²) >= 11 is 0. The third kappa shape index (κ3) is 10.2. The third-order valence-corrected chi connectivity index (χ3v) is 8.22. The summed E-state index contributed by atoms with van der Waals surface area (Å²) in [6.45, 7) is 11.5. The van der Waals surface area contributed by atoms with Gasteiger partial charge in [-0.25, -0.2) is 20.1 Å². The minimum atomic E-state index is -3.67. The maximum absolute atomic E-state index is 14.1. The molecule has 4 N–H and O–H groups in total. The van der Waals surface area contributed by atoms with Crippen molar-refractivity contribution in [1.82, 2.24) is 24.7 Å². The van der Waals surface area contributed by atoms with Crippen LogP contribution in [0.3, 0.4) is 0 Å². The molecule has 1 unspecified atom stereocenters. The van der Waals surface area contributed by atoms with Crippen molar-refractivity contribution >= 4 is 36.2 Å². The van der Waals surface area contributed by atoms with E-state index >= 15 is 0 Å². The molecule has 2 aromatic rings. The molecule has 0 aliphatic carbocycles. The number of hydrogen-bond donors (Lipinski definition) is 3. The molecular weight excluding hydrogens is 523 g/mol.